The van der Waals surface area contributed by atoms with Gasteiger partial charge < -0.3 is 5.32 Å². The fourth-order valence-electron chi connectivity index (χ4n) is 2.98. The van der Waals surface area contributed by atoms with E-state index in [1.165, 1.54) is 27.5 Å². The minimum atomic E-state index is 0.224. The summed E-state index contributed by atoms with van der Waals surface area (Å²) in [5.74, 6) is 0. The van der Waals surface area contributed by atoms with Gasteiger partial charge in [-0.15, -0.1) is 0 Å². The second kappa shape index (κ2) is 7.19. The molecule has 124 valence electrons. The monoisotopic (exact) mass is 317 g/mol. The number of hydrogen-bond donors (Lipinski definition) is 1. The van der Waals surface area contributed by atoms with Crippen LogP contribution in [0, 0.1) is 0 Å². The van der Waals surface area contributed by atoms with Gasteiger partial charge in [-0.2, -0.15) is 0 Å². The molecule has 1 heteroatoms. The van der Waals surface area contributed by atoms with Gasteiger partial charge in [0, 0.05) is 6.54 Å². The molecule has 3 rings (SSSR count). The van der Waals surface area contributed by atoms with Crippen molar-refractivity contribution in [3.8, 4) is 0 Å². The Morgan fingerprint density at radius 3 is 2.12 bits per heavy atom. The highest BCUT2D eigenvalue weighted by Gasteiger charge is 2.12. The third-order valence-corrected chi connectivity index (χ3v) is 4.55. The topological polar surface area (TPSA) is 12.0 Å². The lowest BCUT2D eigenvalue weighted by Crippen LogP contribution is -2.17. The zero-order valence-electron chi connectivity index (χ0n) is 15.0. The highest BCUT2D eigenvalue weighted by Crippen LogP contribution is 2.22. The van der Waals surface area contributed by atoms with E-state index in [4.69, 9.17) is 0 Å². The van der Waals surface area contributed by atoms with Gasteiger partial charge in [-0.1, -0.05) is 87.5 Å². The predicted octanol–water partition coefficient (Wildman–Crippen LogP) is 5.47. The lowest BCUT2D eigenvalue weighted by molar-refractivity contribution is 0.589. The number of benzene rings is 3. The first-order valence-electron chi connectivity index (χ1n) is 8.80. The van der Waals surface area contributed by atoms with Gasteiger partial charge in [0.2, 0.25) is 0 Å². The second-order valence-electron chi connectivity index (χ2n) is 7.56. The molecule has 0 unspecified atom stereocenters. The van der Waals surface area contributed by atoms with Crippen molar-refractivity contribution in [1.29, 1.82) is 0 Å². The minimum absolute atomic E-state index is 0.224. The Balaban J connectivity index is 1.51. The lowest BCUT2D eigenvalue weighted by Gasteiger charge is -2.19. The largest absolute Gasteiger partial charge is 0.312 e. The normalized spacial score (nSPS) is 11.8. The standard InChI is InChI=1S/C23H27N/c1-23(2,3)22-12-9-19(10-13-22)17-24-15-14-18-8-11-20-6-4-5-7-21(20)16-18/h4-13,16,24H,14-15,17H2,1-3H3. The van der Waals surface area contributed by atoms with E-state index in [2.05, 4.69) is 92.8 Å². The maximum absolute atomic E-state index is 3.56. The number of fused-ring (bicyclic) bond motifs is 1. The Morgan fingerprint density at radius 1 is 0.750 bits per heavy atom. The molecule has 0 saturated heterocycles. The van der Waals surface area contributed by atoms with E-state index >= 15 is 0 Å². The average Bonchev–Trinajstić information content (AvgIpc) is 2.58. The Bertz CT molecular complexity index is 794. The number of rotatable bonds is 5. The smallest absolute Gasteiger partial charge is 0.0205 e. The Morgan fingerprint density at radius 2 is 1.42 bits per heavy atom. The van der Waals surface area contributed by atoms with E-state index in [9.17, 15) is 0 Å². The van der Waals surface area contributed by atoms with Crippen LogP contribution in [0.2, 0.25) is 0 Å². The van der Waals surface area contributed by atoms with Crippen LogP contribution in [0.3, 0.4) is 0 Å². The van der Waals surface area contributed by atoms with Crippen molar-refractivity contribution >= 4 is 10.8 Å². The summed E-state index contributed by atoms with van der Waals surface area (Å²) in [6.07, 6.45) is 1.06. The molecule has 3 aromatic rings. The third kappa shape index (κ3) is 4.24. The zero-order valence-corrected chi connectivity index (χ0v) is 15.0. The summed E-state index contributed by atoms with van der Waals surface area (Å²) in [7, 11) is 0. The summed E-state index contributed by atoms with van der Waals surface area (Å²) in [5.41, 5.74) is 4.36. The number of nitrogens with one attached hydrogen (secondary N) is 1. The van der Waals surface area contributed by atoms with E-state index < -0.39 is 0 Å². The maximum Gasteiger partial charge on any atom is 0.0205 e. The highest BCUT2D eigenvalue weighted by atomic mass is 14.8. The summed E-state index contributed by atoms with van der Waals surface area (Å²) in [5, 5.41) is 6.20. The van der Waals surface area contributed by atoms with Gasteiger partial charge in [-0.25, -0.2) is 0 Å². The molecule has 0 atom stereocenters. The molecule has 0 heterocycles. The van der Waals surface area contributed by atoms with Crippen molar-refractivity contribution in [3.05, 3.63) is 83.4 Å². The molecule has 0 aliphatic heterocycles. The number of hydrogen-bond acceptors (Lipinski definition) is 1. The van der Waals surface area contributed by atoms with Crippen LogP contribution < -0.4 is 5.32 Å². The molecule has 0 aliphatic rings. The van der Waals surface area contributed by atoms with Crippen LogP contribution in [0.15, 0.2) is 66.7 Å². The van der Waals surface area contributed by atoms with Gasteiger partial charge in [0.15, 0.2) is 0 Å². The van der Waals surface area contributed by atoms with E-state index in [1.54, 1.807) is 0 Å². The quantitative estimate of drug-likeness (QED) is 0.615. The van der Waals surface area contributed by atoms with Crippen LogP contribution in [0.1, 0.15) is 37.5 Å². The summed E-state index contributed by atoms with van der Waals surface area (Å²) in [6, 6.07) is 24.3. The summed E-state index contributed by atoms with van der Waals surface area (Å²) < 4.78 is 0. The molecular formula is C23H27N. The van der Waals surface area contributed by atoms with Crippen LogP contribution in [-0.2, 0) is 18.4 Å². The molecule has 0 radical (unpaired) electrons. The van der Waals surface area contributed by atoms with Crippen LogP contribution in [0.5, 0.6) is 0 Å². The van der Waals surface area contributed by atoms with Gasteiger partial charge in [0.1, 0.15) is 0 Å². The van der Waals surface area contributed by atoms with Crippen molar-refractivity contribution in [2.45, 2.75) is 39.2 Å². The molecule has 0 fully saturated rings. The maximum atomic E-state index is 3.56. The first-order chi connectivity index (χ1) is 11.5. The van der Waals surface area contributed by atoms with Crippen molar-refractivity contribution in [1.82, 2.24) is 5.32 Å². The molecule has 0 bridgehead atoms. The lowest BCUT2D eigenvalue weighted by atomic mass is 9.87. The zero-order chi connectivity index (χ0) is 17.0. The molecule has 0 amide bonds. The van der Waals surface area contributed by atoms with Crippen molar-refractivity contribution in [2.75, 3.05) is 6.54 Å². The van der Waals surface area contributed by atoms with Crippen molar-refractivity contribution in [3.63, 3.8) is 0 Å². The molecular weight excluding hydrogens is 290 g/mol. The molecule has 0 saturated carbocycles. The van der Waals surface area contributed by atoms with E-state index in [0.29, 0.717) is 0 Å². The molecule has 0 aliphatic carbocycles. The Labute approximate surface area is 145 Å². The minimum Gasteiger partial charge on any atom is -0.312 e. The predicted molar refractivity (Wildman–Crippen MR) is 105 cm³/mol. The molecule has 0 spiro atoms. The SMILES string of the molecule is CC(C)(C)c1ccc(CNCCc2ccc3ccccc3c2)cc1. The van der Waals surface area contributed by atoms with Gasteiger partial charge in [0.25, 0.3) is 0 Å². The van der Waals surface area contributed by atoms with E-state index in [-0.39, 0.29) is 5.41 Å². The van der Waals surface area contributed by atoms with Gasteiger partial charge in [-0.05, 0) is 45.8 Å². The summed E-state index contributed by atoms with van der Waals surface area (Å²) >= 11 is 0. The fourth-order valence-corrected chi connectivity index (χ4v) is 2.98. The van der Waals surface area contributed by atoms with Crippen molar-refractivity contribution < 1.29 is 0 Å². The second-order valence-corrected chi connectivity index (χ2v) is 7.56. The molecule has 3 aromatic carbocycles. The van der Waals surface area contributed by atoms with E-state index in [1.807, 2.05) is 0 Å². The Hall–Kier alpha value is -2.12. The van der Waals surface area contributed by atoms with Crippen molar-refractivity contribution in [2.24, 2.45) is 0 Å². The highest BCUT2D eigenvalue weighted by molar-refractivity contribution is 5.82. The van der Waals surface area contributed by atoms with Gasteiger partial charge in [0.05, 0.1) is 0 Å². The first kappa shape index (κ1) is 16.7. The fraction of sp³-hybridized carbons (Fsp3) is 0.304. The molecule has 0 aromatic heterocycles. The van der Waals surface area contributed by atoms with Crippen LogP contribution >= 0.6 is 0 Å². The summed E-state index contributed by atoms with van der Waals surface area (Å²) in [6.45, 7) is 8.69. The summed E-state index contributed by atoms with van der Waals surface area (Å²) in [4.78, 5) is 0. The van der Waals surface area contributed by atoms with Crippen LogP contribution in [0.25, 0.3) is 10.8 Å². The van der Waals surface area contributed by atoms with Crippen LogP contribution in [-0.4, -0.2) is 6.54 Å². The molecule has 24 heavy (non-hydrogen) atoms. The van der Waals surface area contributed by atoms with Crippen LogP contribution in [0.4, 0.5) is 0 Å². The molecule has 1 N–H and O–H groups in total. The van der Waals surface area contributed by atoms with E-state index in [0.717, 1.165) is 19.5 Å². The molecule has 1 nitrogen and oxygen atoms in total. The first-order valence-corrected chi connectivity index (χ1v) is 8.80. The third-order valence-electron chi connectivity index (χ3n) is 4.55. The van der Waals surface area contributed by atoms with Gasteiger partial charge in [-0.3, -0.25) is 0 Å². The average molecular weight is 317 g/mol. The Kier molecular flexibility index (Phi) is 5.01. The van der Waals surface area contributed by atoms with Gasteiger partial charge >= 0.3 is 0 Å².